The molecule has 1 aromatic carbocycles. The van der Waals surface area contributed by atoms with Crippen molar-refractivity contribution in [1.82, 2.24) is 0 Å². The molecule has 2 nitrogen and oxygen atoms in total. The van der Waals surface area contributed by atoms with Crippen molar-refractivity contribution in [3.8, 4) is 0 Å². The lowest BCUT2D eigenvalue weighted by molar-refractivity contribution is 0.0996. The van der Waals surface area contributed by atoms with Crippen molar-refractivity contribution >= 4 is 5.91 Å². The second kappa shape index (κ2) is 8.33. The molecule has 25 heavy (non-hydrogen) atoms. The normalized spacial score (nSPS) is 30.2. The molecule has 1 amide bonds. The zero-order valence-electron chi connectivity index (χ0n) is 15.5. The lowest BCUT2D eigenvalue weighted by Gasteiger charge is -2.38. The Morgan fingerprint density at radius 3 is 2.16 bits per heavy atom. The number of primary amides is 1. The van der Waals surface area contributed by atoms with E-state index in [2.05, 4.69) is 6.92 Å². The van der Waals surface area contributed by atoms with Crippen LogP contribution < -0.4 is 5.73 Å². The highest BCUT2D eigenvalue weighted by atomic mass is 19.1. The van der Waals surface area contributed by atoms with Gasteiger partial charge in [0, 0.05) is 0 Å². The van der Waals surface area contributed by atoms with Crippen molar-refractivity contribution in [3.05, 3.63) is 35.1 Å². The SMILES string of the molecule is CCCC1CCC(C2CCC(c3ccc(C(N)=O)c(F)c3)CC2)CC1. The largest absolute Gasteiger partial charge is 0.366 e. The molecule has 0 bridgehead atoms. The van der Waals surface area contributed by atoms with Gasteiger partial charge in [0.2, 0.25) is 0 Å². The van der Waals surface area contributed by atoms with Gasteiger partial charge in [-0.2, -0.15) is 0 Å². The van der Waals surface area contributed by atoms with Gasteiger partial charge < -0.3 is 5.73 Å². The lowest BCUT2D eigenvalue weighted by atomic mass is 9.68. The average molecular weight is 346 g/mol. The monoisotopic (exact) mass is 345 g/mol. The summed E-state index contributed by atoms with van der Waals surface area (Å²) in [5.74, 6) is 2.04. The van der Waals surface area contributed by atoms with E-state index in [1.807, 2.05) is 6.07 Å². The van der Waals surface area contributed by atoms with E-state index in [1.54, 1.807) is 6.07 Å². The van der Waals surface area contributed by atoms with Crippen LogP contribution in [-0.2, 0) is 0 Å². The van der Waals surface area contributed by atoms with Crippen molar-refractivity contribution in [2.45, 2.75) is 77.0 Å². The van der Waals surface area contributed by atoms with E-state index in [-0.39, 0.29) is 5.56 Å². The summed E-state index contributed by atoms with van der Waals surface area (Å²) in [6, 6.07) is 4.97. The number of hydrogen-bond acceptors (Lipinski definition) is 1. The Kier molecular flexibility index (Phi) is 6.14. The van der Waals surface area contributed by atoms with Gasteiger partial charge in [-0.15, -0.1) is 0 Å². The van der Waals surface area contributed by atoms with Gasteiger partial charge in [-0.1, -0.05) is 38.7 Å². The maximum Gasteiger partial charge on any atom is 0.251 e. The molecule has 3 heteroatoms. The maximum absolute atomic E-state index is 14.0. The molecule has 0 unspecified atom stereocenters. The second-order valence-corrected chi connectivity index (χ2v) is 8.28. The Labute approximate surface area is 151 Å². The highest BCUT2D eigenvalue weighted by molar-refractivity contribution is 5.93. The summed E-state index contributed by atoms with van der Waals surface area (Å²) >= 11 is 0. The predicted octanol–water partition coefficient (Wildman–Crippen LogP) is 5.80. The molecule has 0 spiro atoms. The maximum atomic E-state index is 14.0. The van der Waals surface area contributed by atoms with Gasteiger partial charge in [-0.05, 0) is 79.9 Å². The van der Waals surface area contributed by atoms with E-state index in [0.29, 0.717) is 5.92 Å². The summed E-state index contributed by atoms with van der Waals surface area (Å²) in [7, 11) is 0. The van der Waals surface area contributed by atoms with Crippen LogP contribution in [0.4, 0.5) is 4.39 Å². The summed E-state index contributed by atoms with van der Waals surface area (Å²) < 4.78 is 14.0. The first-order valence-electron chi connectivity index (χ1n) is 10.2. The van der Waals surface area contributed by atoms with Crippen molar-refractivity contribution in [3.63, 3.8) is 0 Å². The summed E-state index contributed by atoms with van der Waals surface area (Å²) in [6.07, 6.45) is 13.3. The quantitative estimate of drug-likeness (QED) is 0.719. The molecule has 0 saturated heterocycles. The van der Waals surface area contributed by atoms with Crippen LogP contribution in [0, 0.1) is 23.6 Å². The Morgan fingerprint density at radius 2 is 1.64 bits per heavy atom. The van der Waals surface area contributed by atoms with E-state index in [0.717, 1.165) is 36.2 Å². The summed E-state index contributed by atoms with van der Waals surface area (Å²) in [6.45, 7) is 2.30. The Hall–Kier alpha value is -1.38. The highest BCUT2D eigenvalue weighted by Crippen LogP contribution is 2.44. The number of carbonyl (C=O) groups excluding carboxylic acids is 1. The molecule has 2 N–H and O–H groups in total. The van der Waals surface area contributed by atoms with E-state index in [1.165, 1.54) is 57.4 Å². The van der Waals surface area contributed by atoms with Crippen molar-refractivity contribution in [2.24, 2.45) is 23.5 Å². The van der Waals surface area contributed by atoms with Crippen molar-refractivity contribution in [2.75, 3.05) is 0 Å². The topological polar surface area (TPSA) is 43.1 Å². The minimum Gasteiger partial charge on any atom is -0.366 e. The third-order valence-electron chi connectivity index (χ3n) is 6.76. The molecule has 138 valence electrons. The molecule has 0 radical (unpaired) electrons. The average Bonchev–Trinajstić information content (AvgIpc) is 2.62. The van der Waals surface area contributed by atoms with E-state index < -0.39 is 11.7 Å². The van der Waals surface area contributed by atoms with Crippen LogP contribution in [-0.4, -0.2) is 5.91 Å². The van der Waals surface area contributed by atoms with Crippen LogP contribution >= 0.6 is 0 Å². The highest BCUT2D eigenvalue weighted by Gasteiger charge is 2.31. The first-order valence-corrected chi connectivity index (χ1v) is 10.2. The molecular formula is C22H32FNO. The third-order valence-corrected chi connectivity index (χ3v) is 6.76. The number of benzene rings is 1. The summed E-state index contributed by atoms with van der Waals surface area (Å²) in [5, 5.41) is 0. The van der Waals surface area contributed by atoms with Crippen LogP contribution in [0.15, 0.2) is 18.2 Å². The minimum absolute atomic E-state index is 0.00118. The number of rotatable bonds is 5. The van der Waals surface area contributed by atoms with Crippen LogP contribution in [0.3, 0.4) is 0 Å². The molecule has 0 aliphatic heterocycles. The van der Waals surface area contributed by atoms with E-state index in [4.69, 9.17) is 5.73 Å². The predicted molar refractivity (Wildman–Crippen MR) is 100.0 cm³/mol. The third kappa shape index (κ3) is 4.43. The molecular weight excluding hydrogens is 313 g/mol. The smallest absolute Gasteiger partial charge is 0.251 e. The molecule has 3 rings (SSSR count). The first kappa shape index (κ1) is 18.4. The van der Waals surface area contributed by atoms with Gasteiger partial charge in [0.25, 0.3) is 5.91 Å². The Balaban J connectivity index is 1.52. The molecule has 2 aliphatic rings. The first-order chi connectivity index (χ1) is 12.1. The molecule has 0 atom stereocenters. The van der Waals surface area contributed by atoms with Crippen molar-refractivity contribution < 1.29 is 9.18 Å². The van der Waals surface area contributed by atoms with Gasteiger partial charge in [0.15, 0.2) is 0 Å². The zero-order chi connectivity index (χ0) is 17.8. The fourth-order valence-electron chi connectivity index (χ4n) is 5.27. The molecule has 2 saturated carbocycles. The number of amides is 1. The fraction of sp³-hybridized carbons (Fsp3) is 0.682. The zero-order valence-corrected chi connectivity index (χ0v) is 15.5. The standard InChI is InChI=1S/C22H32FNO/c1-2-3-15-4-6-16(7-5-15)17-8-10-18(11-9-17)19-12-13-20(22(24)25)21(23)14-19/h12-18H,2-11H2,1H3,(H2,24,25). The fourth-order valence-corrected chi connectivity index (χ4v) is 5.27. The minimum atomic E-state index is -0.688. The molecule has 0 aromatic heterocycles. The number of halogens is 1. The molecule has 2 fully saturated rings. The lowest BCUT2D eigenvalue weighted by Crippen LogP contribution is -2.25. The van der Waals surface area contributed by atoms with Crippen LogP contribution in [0.25, 0.3) is 0 Å². The van der Waals surface area contributed by atoms with Gasteiger partial charge in [0.1, 0.15) is 5.82 Å². The molecule has 1 aromatic rings. The van der Waals surface area contributed by atoms with Gasteiger partial charge in [0.05, 0.1) is 5.56 Å². The Bertz CT molecular complexity index is 584. The molecule has 0 heterocycles. The number of nitrogens with two attached hydrogens (primary N) is 1. The van der Waals surface area contributed by atoms with Crippen molar-refractivity contribution in [1.29, 1.82) is 0 Å². The van der Waals surface area contributed by atoms with Gasteiger partial charge >= 0.3 is 0 Å². The Morgan fingerprint density at radius 1 is 1.04 bits per heavy atom. The van der Waals surface area contributed by atoms with Crippen LogP contribution in [0.2, 0.25) is 0 Å². The van der Waals surface area contributed by atoms with E-state index >= 15 is 0 Å². The van der Waals surface area contributed by atoms with Crippen LogP contribution in [0.1, 0.15) is 93.0 Å². The van der Waals surface area contributed by atoms with Gasteiger partial charge in [-0.25, -0.2) is 4.39 Å². The van der Waals surface area contributed by atoms with Crippen LogP contribution in [0.5, 0.6) is 0 Å². The summed E-state index contributed by atoms with van der Waals surface area (Å²) in [5.41, 5.74) is 6.23. The van der Waals surface area contributed by atoms with E-state index in [9.17, 15) is 9.18 Å². The molecule has 2 aliphatic carbocycles. The second-order valence-electron chi connectivity index (χ2n) is 8.28. The number of hydrogen-bond donors (Lipinski definition) is 1. The number of carbonyl (C=O) groups is 1. The van der Waals surface area contributed by atoms with Gasteiger partial charge in [-0.3, -0.25) is 4.79 Å². The summed E-state index contributed by atoms with van der Waals surface area (Å²) in [4.78, 5) is 11.2.